The van der Waals surface area contributed by atoms with Crippen molar-refractivity contribution in [2.24, 2.45) is 13.0 Å². The van der Waals surface area contributed by atoms with Crippen LogP contribution in [0, 0.1) is 5.92 Å². The third-order valence-corrected chi connectivity index (χ3v) is 3.66. The Kier molecular flexibility index (Phi) is 2.51. The molecule has 0 amide bonds. The minimum atomic E-state index is 0.274. The minimum absolute atomic E-state index is 0.274. The fourth-order valence-corrected chi connectivity index (χ4v) is 2.47. The highest BCUT2D eigenvalue weighted by molar-refractivity contribution is 6.01. The summed E-state index contributed by atoms with van der Waals surface area (Å²) < 4.78 is 2.12. The largest absolute Gasteiger partial charge is 0.331 e. The van der Waals surface area contributed by atoms with E-state index in [0.29, 0.717) is 5.92 Å². The van der Waals surface area contributed by atoms with Gasteiger partial charge in [-0.05, 0) is 31.0 Å². The average Bonchev–Trinajstić information content (AvgIpc) is 3.13. The molecule has 0 radical (unpaired) electrons. The van der Waals surface area contributed by atoms with Gasteiger partial charge < -0.3 is 4.57 Å². The van der Waals surface area contributed by atoms with Gasteiger partial charge in [0.05, 0.1) is 11.0 Å². The van der Waals surface area contributed by atoms with Crippen molar-refractivity contribution in [3.05, 3.63) is 29.6 Å². The molecule has 1 heterocycles. The van der Waals surface area contributed by atoms with Crippen molar-refractivity contribution in [1.82, 2.24) is 9.55 Å². The number of carbonyl (C=O) groups is 1. The highest BCUT2D eigenvalue weighted by Crippen LogP contribution is 2.33. The van der Waals surface area contributed by atoms with E-state index in [2.05, 4.69) is 23.4 Å². The van der Waals surface area contributed by atoms with Gasteiger partial charge in [-0.25, -0.2) is 4.98 Å². The Bertz CT molecular complexity index is 621. The van der Waals surface area contributed by atoms with E-state index in [1.54, 1.807) is 0 Å². The highest BCUT2D eigenvalue weighted by Gasteiger charge is 2.30. The number of rotatable bonds is 3. The first-order valence-corrected chi connectivity index (χ1v) is 6.58. The van der Waals surface area contributed by atoms with E-state index in [0.717, 1.165) is 35.3 Å². The zero-order valence-electron chi connectivity index (χ0n) is 11.1. The molecular formula is C15H18N2O. The van der Waals surface area contributed by atoms with Crippen LogP contribution in [-0.4, -0.2) is 15.3 Å². The standard InChI is InChI=1S/C15H18N2O/c1-9(2)15-16-12-8-11(14(18)10-4-5-10)6-7-13(12)17(15)3/h6-10H,4-5H2,1-3H3. The Labute approximate surface area is 107 Å². The summed E-state index contributed by atoms with van der Waals surface area (Å²) in [7, 11) is 2.03. The van der Waals surface area contributed by atoms with Crippen LogP contribution in [0.25, 0.3) is 11.0 Å². The van der Waals surface area contributed by atoms with E-state index >= 15 is 0 Å². The Balaban J connectivity index is 2.09. The maximum atomic E-state index is 12.0. The van der Waals surface area contributed by atoms with Crippen molar-refractivity contribution in [3.8, 4) is 0 Å². The number of carbonyl (C=O) groups excluding carboxylic acids is 1. The topological polar surface area (TPSA) is 34.9 Å². The number of fused-ring (bicyclic) bond motifs is 1. The van der Waals surface area contributed by atoms with Gasteiger partial charge in [0.25, 0.3) is 0 Å². The van der Waals surface area contributed by atoms with Gasteiger partial charge >= 0.3 is 0 Å². The summed E-state index contributed by atoms with van der Waals surface area (Å²) in [6.45, 7) is 4.27. The van der Waals surface area contributed by atoms with Crippen molar-refractivity contribution >= 4 is 16.8 Å². The van der Waals surface area contributed by atoms with Crippen LogP contribution in [0.2, 0.25) is 0 Å². The van der Waals surface area contributed by atoms with Gasteiger partial charge in [0.1, 0.15) is 5.82 Å². The minimum Gasteiger partial charge on any atom is -0.331 e. The lowest BCUT2D eigenvalue weighted by atomic mass is 10.1. The van der Waals surface area contributed by atoms with Crippen LogP contribution in [-0.2, 0) is 7.05 Å². The van der Waals surface area contributed by atoms with Crippen molar-refractivity contribution in [3.63, 3.8) is 0 Å². The van der Waals surface area contributed by atoms with Crippen LogP contribution in [0.3, 0.4) is 0 Å². The van der Waals surface area contributed by atoms with E-state index in [4.69, 9.17) is 0 Å². The molecule has 1 saturated carbocycles. The van der Waals surface area contributed by atoms with Crippen molar-refractivity contribution in [1.29, 1.82) is 0 Å². The number of benzene rings is 1. The molecule has 1 aromatic carbocycles. The van der Waals surface area contributed by atoms with Gasteiger partial charge in [-0.1, -0.05) is 13.8 Å². The molecule has 0 atom stereocenters. The maximum Gasteiger partial charge on any atom is 0.166 e. The third-order valence-electron chi connectivity index (χ3n) is 3.66. The molecule has 0 unspecified atom stereocenters. The zero-order valence-corrected chi connectivity index (χ0v) is 11.1. The lowest BCUT2D eigenvalue weighted by Crippen LogP contribution is -2.01. The predicted octanol–water partition coefficient (Wildman–Crippen LogP) is 3.29. The number of Topliss-reactive ketones (excluding diaryl/α,β-unsaturated/α-hetero) is 1. The summed E-state index contributed by atoms with van der Waals surface area (Å²) in [4.78, 5) is 16.7. The predicted molar refractivity (Wildman–Crippen MR) is 71.9 cm³/mol. The molecule has 1 fully saturated rings. The summed E-state index contributed by atoms with van der Waals surface area (Å²) >= 11 is 0. The van der Waals surface area contributed by atoms with Crippen LogP contribution in [0.4, 0.5) is 0 Å². The Morgan fingerprint density at radius 3 is 2.72 bits per heavy atom. The van der Waals surface area contributed by atoms with Gasteiger partial charge in [0, 0.05) is 24.4 Å². The summed E-state index contributed by atoms with van der Waals surface area (Å²) in [6, 6.07) is 5.90. The molecule has 0 spiro atoms. The van der Waals surface area contributed by atoms with Gasteiger partial charge in [-0.2, -0.15) is 0 Å². The molecule has 3 heteroatoms. The first-order chi connectivity index (χ1) is 8.58. The first kappa shape index (κ1) is 11.5. The van der Waals surface area contributed by atoms with Crippen LogP contribution in [0.1, 0.15) is 48.8 Å². The third kappa shape index (κ3) is 1.74. The average molecular weight is 242 g/mol. The molecule has 94 valence electrons. The number of aryl methyl sites for hydroxylation is 1. The Morgan fingerprint density at radius 1 is 1.39 bits per heavy atom. The quantitative estimate of drug-likeness (QED) is 0.774. The van der Waals surface area contributed by atoms with E-state index in [1.165, 1.54) is 0 Å². The summed E-state index contributed by atoms with van der Waals surface area (Å²) in [5, 5.41) is 0. The monoisotopic (exact) mass is 242 g/mol. The molecular weight excluding hydrogens is 224 g/mol. The van der Waals surface area contributed by atoms with E-state index < -0.39 is 0 Å². The van der Waals surface area contributed by atoms with Crippen LogP contribution < -0.4 is 0 Å². The Hall–Kier alpha value is -1.64. The van der Waals surface area contributed by atoms with Gasteiger partial charge in [0.15, 0.2) is 5.78 Å². The molecule has 0 N–H and O–H groups in total. The van der Waals surface area contributed by atoms with E-state index in [9.17, 15) is 4.79 Å². The molecule has 1 aromatic heterocycles. The number of aromatic nitrogens is 2. The lowest BCUT2D eigenvalue weighted by molar-refractivity contribution is 0.0968. The molecule has 1 aliphatic carbocycles. The van der Waals surface area contributed by atoms with Gasteiger partial charge in [-0.15, -0.1) is 0 Å². The molecule has 1 aliphatic rings. The number of imidazole rings is 1. The lowest BCUT2D eigenvalue weighted by Gasteiger charge is -2.04. The van der Waals surface area contributed by atoms with Gasteiger partial charge in [0.2, 0.25) is 0 Å². The summed E-state index contributed by atoms with van der Waals surface area (Å²) in [5.41, 5.74) is 2.86. The van der Waals surface area contributed by atoms with E-state index in [-0.39, 0.29) is 11.7 Å². The maximum absolute atomic E-state index is 12.0. The SMILES string of the molecule is CC(C)c1nc2cc(C(=O)C3CC3)ccc2n1C. The Morgan fingerprint density at radius 2 is 2.11 bits per heavy atom. The number of hydrogen-bond acceptors (Lipinski definition) is 2. The molecule has 2 aromatic rings. The van der Waals surface area contributed by atoms with Crippen molar-refractivity contribution < 1.29 is 4.79 Å². The molecule has 0 saturated heterocycles. The van der Waals surface area contributed by atoms with Crippen LogP contribution in [0.5, 0.6) is 0 Å². The summed E-state index contributed by atoms with van der Waals surface area (Å²) in [5.74, 6) is 2.02. The second-order valence-electron chi connectivity index (χ2n) is 5.53. The summed E-state index contributed by atoms with van der Waals surface area (Å²) in [6.07, 6.45) is 2.10. The second kappa shape index (κ2) is 3.94. The molecule has 3 rings (SSSR count). The van der Waals surface area contributed by atoms with Crippen molar-refractivity contribution in [2.45, 2.75) is 32.6 Å². The second-order valence-corrected chi connectivity index (χ2v) is 5.53. The van der Waals surface area contributed by atoms with Crippen LogP contribution in [0.15, 0.2) is 18.2 Å². The fraction of sp³-hybridized carbons (Fsp3) is 0.467. The number of nitrogens with zero attached hydrogens (tertiary/aromatic N) is 2. The highest BCUT2D eigenvalue weighted by atomic mass is 16.1. The molecule has 0 aliphatic heterocycles. The number of ketones is 1. The van der Waals surface area contributed by atoms with Crippen molar-refractivity contribution in [2.75, 3.05) is 0 Å². The van der Waals surface area contributed by atoms with Crippen LogP contribution >= 0.6 is 0 Å². The molecule has 0 bridgehead atoms. The smallest absolute Gasteiger partial charge is 0.166 e. The van der Waals surface area contributed by atoms with E-state index in [1.807, 2.05) is 25.2 Å². The molecule has 18 heavy (non-hydrogen) atoms. The fourth-order valence-electron chi connectivity index (χ4n) is 2.47. The van der Waals surface area contributed by atoms with Gasteiger partial charge in [-0.3, -0.25) is 4.79 Å². The molecule has 3 nitrogen and oxygen atoms in total. The number of hydrogen-bond donors (Lipinski definition) is 0. The first-order valence-electron chi connectivity index (χ1n) is 6.58. The zero-order chi connectivity index (χ0) is 12.9. The normalized spacial score (nSPS) is 15.6.